The molecule has 3 heteroatoms. The first-order valence-corrected chi connectivity index (χ1v) is 5.14. The van der Waals surface area contributed by atoms with Crippen molar-refractivity contribution in [1.29, 1.82) is 0 Å². The van der Waals surface area contributed by atoms with E-state index in [0.29, 0.717) is 5.56 Å². The van der Waals surface area contributed by atoms with Crippen LogP contribution in [0, 0.1) is 0 Å². The molecule has 1 aromatic heterocycles. The fourth-order valence-electron chi connectivity index (χ4n) is 1.82. The molecule has 0 saturated carbocycles. The Morgan fingerprint density at radius 1 is 1.38 bits per heavy atom. The van der Waals surface area contributed by atoms with Crippen molar-refractivity contribution in [2.24, 2.45) is 0 Å². The van der Waals surface area contributed by atoms with Crippen molar-refractivity contribution in [2.75, 3.05) is 0 Å². The maximum absolute atomic E-state index is 10.5. The van der Waals surface area contributed by atoms with Crippen LogP contribution in [0.15, 0.2) is 36.7 Å². The number of aromatic nitrogens is 1. The zero-order valence-electron chi connectivity index (χ0n) is 9.05. The van der Waals surface area contributed by atoms with Crippen LogP contribution in [0.25, 0.3) is 10.8 Å². The van der Waals surface area contributed by atoms with E-state index >= 15 is 0 Å². The van der Waals surface area contributed by atoms with Crippen molar-refractivity contribution in [3.8, 4) is 0 Å². The molecule has 0 aliphatic rings. The Morgan fingerprint density at radius 3 is 2.88 bits per heavy atom. The smallest absolute Gasteiger partial charge is 0.123 e. The fraction of sp³-hybridized carbons (Fsp3) is 0.231. The first kappa shape index (κ1) is 10.8. The van der Waals surface area contributed by atoms with E-state index in [0.717, 1.165) is 17.1 Å². The average Bonchev–Trinajstić information content (AvgIpc) is 2.28. The first-order chi connectivity index (χ1) is 7.65. The van der Waals surface area contributed by atoms with Crippen LogP contribution in [0.4, 0.5) is 0 Å². The first-order valence-electron chi connectivity index (χ1n) is 5.14. The number of hydrogen-bond acceptors (Lipinski definition) is 3. The molecule has 0 amide bonds. The monoisotopic (exact) mass is 215 g/mol. The molecule has 1 unspecified atom stereocenters. The molecule has 82 valence electrons. The molecule has 2 aromatic rings. The number of pyridine rings is 1. The molecule has 1 N–H and O–H groups in total. The van der Waals surface area contributed by atoms with Crippen LogP contribution in [0.2, 0.25) is 0 Å². The topological polar surface area (TPSA) is 50.2 Å². The largest absolute Gasteiger partial charge is 0.385 e. The summed E-state index contributed by atoms with van der Waals surface area (Å²) in [4.78, 5) is 14.6. The predicted molar refractivity (Wildman–Crippen MR) is 62.0 cm³/mol. The molecule has 0 spiro atoms. The molecule has 0 bridgehead atoms. The van der Waals surface area contributed by atoms with Gasteiger partial charge in [-0.15, -0.1) is 0 Å². The minimum absolute atomic E-state index is 0.0721. The summed E-state index contributed by atoms with van der Waals surface area (Å²) >= 11 is 0. The van der Waals surface area contributed by atoms with Gasteiger partial charge in [0.05, 0.1) is 5.60 Å². The molecule has 2 rings (SSSR count). The van der Waals surface area contributed by atoms with Crippen LogP contribution in [0.3, 0.4) is 0 Å². The highest BCUT2D eigenvalue weighted by Crippen LogP contribution is 2.29. The lowest BCUT2D eigenvalue weighted by Gasteiger charge is -2.22. The van der Waals surface area contributed by atoms with Gasteiger partial charge >= 0.3 is 0 Å². The minimum Gasteiger partial charge on any atom is -0.385 e. The molecule has 0 radical (unpaired) electrons. The highest BCUT2D eigenvalue weighted by atomic mass is 16.3. The van der Waals surface area contributed by atoms with Gasteiger partial charge in [0.2, 0.25) is 0 Å². The van der Waals surface area contributed by atoms with Crippen LogP contribution in [-0.4, -0.2) is 16.4 Å². The number of benzene rings is 1. The Labute approximate surface area is 93.7 Å². The van der Waals surface area contributed by atoms with Crippen LogP contribution in [0.1, 0.15) is 18.9 Å². The number of rotatable bonds is 3. The lowest BCUT2D eigenvalue weighted by molar-refractivity contribution is -0.112. The quantitative estimate of drug-likeness (QED) is 0.797. The summed E-state index contributed by atoms with van der Waals surface area (Å²) in [5, 5.41) is 12.1. The second-order valence-corrected chi connectivity index (χ2v) is 4.05. The van der Waals surface area contributed by atoms with Gasteiger partial charge in [-0.25, -0.2) is 0 Å². The molecule has 1 atom stereocenters. The highest BCUT2D eigenvalue weighted by Gasteiger charge is 2.24. The summed E-state index contributed by atoms with van der Waals surface area (Å²) < 4.78 is 0. The van der Waals surface area contributed by atoms with Gasteiger partial charge in [-0.2, -0.15) is 0 Å². The van der Waals surface area contributed by atoms with Crippen LogP contribution in [-0.2, 0) is 10.4 Å². The molecule has 1 aromatic carbocycles. The standard InChI is InChI=1S/C13H13NO2/c1-13(16,6-7-15)12-9-14-8-10-4-2-3-5-11(10)12/h2-5,7-9,16H,6H2,1H3. The van der Waals surface area contributed by atoms with Gasteiger partial charge in [-0.1, -0.05) is 24.3 Å². The summed E-state index contributed by atoms with van der Waals surface area (Å²) in [6.45, 7) is 1.63. The van der Waals surface area contributed by atoms with Crippen LogP contribution < -0.4 is 0 Å². The fourth-order valence-corrected chi connectivity index (χ4v) is 1.82. The van der Waals surface area contributed by atoms with E-state index in [1.165, 1.54) is 0 Å². The molecule has 0 saturated heterocycles. The van der Waals surface area contributed by atoms with E-state index < -0.39 is 5.60 Å². The maximum atomic E-state index is 10.5. The molecule has 16 heavy (non-hydrogen) atoms. The van der Waals surface area contributed by atoms with Crippen molar-refractivity contribution >= 4 is 17.1 Å². The number of carbonyl (C=O) groups is 1. The zero-order valence-corrected chi connectivity index (χ0v) is 9.05. The minimum atomic E-state index is -1.16. The average molecular weight is 215 g/mol. The van der Waals surface area contributed by atoms with E-state index in [1.807, 2.05) is 24.3 Å². The summed E-state index contributed by atoms with van der Waals surface area (Å²) in [5.41, 5.74) is -0.465. The van der Waals surface area contributed by atoms with Gasteiger partial charge < -0.3 is 9.90 Å². The summed E-state index contributed by atoms with van der Waals surface area (Å²) in [7, 11) is 0. The van der Waals surface area contributed by atoms with E-state index in [9.17, 15) is 9.90 Å². The van der Waals surface area contributed by atoms with E-state index in [4.69, 9.17) is 0 Å². The van der Waals surface area contributed by atoms with Crippen molar-refractivity contribution in [1.82, 2.24) is 4.98 Å². The van der Waals surface area contributed by atoms with Gasteiger partial charge in [0, 0.05) is 29.8 Å². The van der Waals surface area contributed by atoms with Crippen molar-refractivity contribution in [3.05, 3.63) is 42.2 Å². The van der Waals surface area contributed by atoms with Gasteiger partial charge in [0.15, 0.2) is 0 Å². The maximum Gasteiger partial charge on any atom is 0.123 e. The number of aliphatic hydroxyl groups is 1. The molecule has 0 fully saturated rings. The highest BCUT2D eigenvalue weighted by molar-refractivity contribution is 5.85. The van der Waals surface area contributed by atoms with E-state index in [-0.39, 0.29) is 6.42 Å². The Hall–Kier alpha value is -1.74. The molecule has 0 aliphatic heterocycles. The Balaban J connectivity index is 2.64. The van der Waals surface area contributed by atoms with Gasteiger partial charge in [-0.3, -0.25) is 4.98 Å². The SMILES string of the molecule is CC(O)(CC=O)c1cncc2ccccc12. The summed E-state index contributed by atoms with van der Waals surface area (Å²) in [5.74, 6) is 0. The molecular weight excluding hydrogens is 202 g/mol. The molecule has 3 nitrogen and oxygen atoms in total. The van der Waals surface area contributed by atoms with E-state index in [2.05, 4.69) is 4.98 Å². The van der Waals surface area contributed by atoms with Crippen molar-refractivity contribution in [3.63, 3.8) is 0 Å². The second-order valence-electron chi connectivity index (χ2n) is 4.05. The normalized spacial score (nSPS) is 14.6. The zero-order chi connectivity index (χ0) is 11.6. The third-order valence-corrected chi connectivity index (χ3v) is 2.73. The van der Waals surface area contributed by atoms with E-state index in [1.54, 1.807) is 19.3 Å². The van der Waals surface area contributed by atoms with Crippen molar-refractivity contribution in [2.45, 2.75) is 18.9 Å². The van der Waals surface area contributed by atoms with Crippen LogP contribution in [0.5, 0.6) is 0 Å². The third kappa shape index (κ3) is 1.82. The lowest BCUT2D eigenvalue weighted by Crippen LogP contribution is -2.22. The van der Waals surface area contributed by atoms with Gasteiger partial charge in [0.1, 0.15) is 6.29 Å². The molecule has 1 heterocycles. The lowest BCUT2D eigenvalue weighted by atomic mass is 9.91. The van der Waals surface area contributed by atoms with Crippen molar-refractivity contribution < 1.29 is 9.90 Å². The number of aldehydes is 1. The second kappa shape index (κ2) is 4.02. The Kier molecular flexibility index (Phi) is 2.71. The van der Waals surface area contributed by atoms with Crippen LogP contribution >= 0.6 is 0 Å². The Morgan fingerprint density at radius 2 is 2.12 bits per heavy atom. The number of nitrogens with zero attached hydrogens (tertiary/aromatic N) is 1. The predicted octanol–water partition coefficient (Wildman–Crippen LogP) is 2.03. The van der Waals surface area contributed by atoms with Gasteiger partial charge in [0.25, 0.3) is 0 Å². The number of fused-ring (bicyclic) bond motifs is 1. The van der Waals surface area contributed by atoms with Gasteiger partial charge in [-0.05, 0) is 12.3 Å². The summed E-state index contributed by atoms with van der Waals surface area (Å²) in [6.07, 6.45) is 4.16. The Bertz CT molecular complexity index is 515. The molecule has 0 aliphatic carbocycles. The molecular formula is C13H13NO2. The third-order valence-electron chi connectivity index (χ3n) is 2.73. The number of hydrogen-bond donors (Lipinski definition) is 1. The summed E-state index contributed by atoms with van der Waals surface area (Å²) in [6, 6.07) is 7.68. The number of carbonyl (C=O) groups excluding carboxylic acids is 1.